The summed E-state index contributed by atoms with van der Waals surface area (Å²) in [4.78, 5) is 14.6. The zero-order valence-electron chi connectivity index (χ0n) is 13.1. The van der Waals surface area contributed by atoms with Crippen molar-refractivity contribution in [3.05, 3.63) is 23.5 Å². The van der Waals surface area contributed by atoms with Crippen LogP contribution in [0, 0.1) is 12.8 Å². The maximum atomic E-state index is 12.6. The van der Waals surface area contributed by atoms with Gasteiger partial charge in [0.2, 0.25) is 0 Å². The van der Waals surface area contributed by atoms with Gasteiger partial charge in [0.05, 0.1) is 0 Å². The number of hydrogen-bond donors (Lipinski definition) is 1. The van der Waals surface area contributed by atoms with Crippen molar-refractivity contribution in [1.29, 1.82) is 0 Å². The summed E-state index contributed by atoms with van der Waals surface area (Å²) in [6.07, 6.45) is 2.33. The molecule has 1 unspecified atom stereocenters. The Morgan fingerprint density at radius 1 is 1.45 bits per heavy atom. The highest BCUT2D eigenvalue weighted by Crippen LogP contribution is 2.19. The summed E-state index contributed by atoms with van der Waals surface area (Å²) in [5, 5.41) is 3.49. The molecule has 1 atom stereocenters. The molecule has 1 N–H and O–H groups in total. The number of carbonyl (C=O) groups is 1. The van der Waals surface area contributed by atoms with Gasteiger partial charge in [-0.3, -0.25) is 4.79 Å². The summed E-state index contributed by atoms with van der Waals surface area (Å²) >= 11 is 0. The van der Waals surface area contributed by atoms with Crippen molar-refractivity contribution in [1.82, 2.24) is 14.8 Å². The number of hydrogen-bond acceptors (Lipinski definition) is 2. The molecule has 112 valence electrons. The van der Waals surface area contributed by atoms with Crippen LogP contribution in [0.5, 0.6) is 0 Å². The molecule has 4 heteroatoms. The Morgan fingerprint density at radius 2 is 2.20 bits per heavy atom. The minimum absolute atomic E-state index is 0.176. The summed E-state index contributed by atoms with van der Waals surface area (Å²) < 4.78 is 1.98. The minimum atomic E-state index is 0.176. The van der Waals surface area contributed by atoms with Crippen molar-refractivity contribution in [2.45, 2.75) is 39.7 Å². The van der Waals surface area contributed by atoms with E-state index in [0.29, 0.717) is 12.0 Å². The molecular weight excluding hydrogens is 250 g/mol. The molecule has 1 aromatic rings. The van der Waals surface area contributed by atoms with Crippen molar-refractivity contribution in [3.8, 4) is 0 Å². The van der Waals surface area contributed by atoms with Crippen LogP contribution in [0.2, 0.25) is 0 Å². The molecule has 0 aromatic carbocycles. The number of nitrogens with one attached hydrogen (secondary N) is 1. The minimum Gasteiger partial charge on any atom is -0.344 e. The molecule has 1 amide bonds. The zero-order valence-corrected chi connectivity index (χ0v) is 13.1. The van der Waals surface area contributed by atoms with Crippen LogP contribution in [0.1, 0.15) is 42.9 Å². The van der Waals surface area contributed by atoms with E-state index in [4.69, 9.17) is 0 Å². The molecule has 1 aliphatic rings. The smallest absolute Gasteiger partial charge is 0.270 e. The second-order valence-corrected chi connectivity index (χ2v) is 6.24. The summed E-state index contributed by atoms with van der Waals surface area (Å²) in [7, 11) is 1.96. The van der Waals surface area contributed by atoms with Crippen LogP contribution in [0.15, 0.2) is 12.1 Å². The van der Waals surface area contributed by atoms with Crippen molar-refractivity contribution in [3.63, 3.8) is 0 Å². The quantitative estimate of drug-likeness (QED) is 0.916. The normalized spacial score (nSPS) is 19.6. The van der Waals surface area contributed by atoms with Gasteiger partial charge in [-0.25, -0.2) is 0 Å². The Hall–Kier alpha value is -1.29. The second-order valence-electron chi connectivity index (χ2n) is 6.24. The second kappa shape index (κ2) is 6.44. The highest BCUT2D eigenvalue weighted by atomic mass is 16.2. The predicted octanol–water partition coefficient (Wildman–Crippen LogP) is 2.18. The van der Waals surface area contributed by atoms with Gasteiger partial charge in [-0.15, -0.1) is 0 Å². The van der Waals surface area contributed by atoms with E-state index in [0.717, 1.165) is 37.4 Å². The predicted molar refractivity (Wildman–Crippen MR) is 81.9 cm³/mol. The lowest BCUT2D eigenvalue weighted by atomic mass is 9.97. The summed E-state index contributed by atoms with van der Waals surface area (Å²) in [5.41, 5.74) is 1.93. The Labute approximate surface area is 122 Å². The van der Waals surface area contributed by atoms with E-state index < -0.39 is 0 Å². The lowest BCUT2D eigenvalue weighted by Crippen LogP contribution is -2.44. The number of nitrogens with zero attached hydrogens (tertiary/aromatic N) is 2. The number of carbonyl (C=O) groups excluding carboxylic acids is 1. The molecule has 2 heterocycles. The molecule has 2 rings (SSSR count). The number of aromatic nitrogens is 1. The fraction of sp³-hybridized carbons (Fsp3) is 0.688. The fourth-order valence-electron chi connectivity index (χ4n) is 2.81. The molecule has 0 spiro atoms. The maximum absolute atomic E-state index is 12.6. The van der Waals surface area contributed by atoms with Gasteiger partial charge in [0, 0.05) is 31.9 Å². The van der Waals surface area contributed by atoms with Gasteiger partial charge in [0.25, 0.3) is 5.91 Å². The highest BCUT2D eigenvalue weighted by molar-refractivity contribution is 5.93. The number of aryl methyl sites for hydroxylation is 1. The van der Waals surface area contributed by atoms with Crippen LogP contribution in [-0.2, 0) is 7.05 Å². The molecule has 4 nitrogen and oxygen atoms in total. The number of piperidine rings is 1. The topological polar surface area (TPSA) is 37.3 Å². The Kier molecular flexibility index (Phi) is 4.86. The van der Waals surface area contributed by atoms with Crippen LogP contribution in [0.4, 0.5) is 0 Å². The van der Waals surface area contributed by atoms with Gasteiger partial charge in [-0.05, 0) is 44.4 Å². The van der Waals surface area contributed by atoms with Gasteiger partial charge in [-0.2, -0.15) is 0 Å². The van der Waals surface area contributed by atoms with E-state index in [1.165, 1.54) is 6.42 Å². The average molecular weight is 277 g/mol. The van der Waals surface area contributed by atoms with Gasteiger partial charge in [0.1, 0.15) is 5.69 Å². The van der Waals surface area contributed by atoms with Crippen molar-refractivity contribution in [2.75, 3.05) is 19.6 Å². The molecule has 0 bridgehead atoms. The molecule has 1 saturated heterocycles. The number of amides is 1. The van der Waals surface area contributed by atoms with E-state index >= 15 is 0 Å². The van der Waals surface area contributed by atoms with Crippen molar-refractivity contribution in [2.24, 2.45) is 13.0 Å². The third kappa shape index (κ3) is 3.42. The lowest BCUT2D eigenvalue weighted by molar-refractivity contribution is 0.0662. The van der Waals surface area contributed by atoms with E-state index in [1.54, 1.807) is 0 Å². The monoisotopic (exact) mass is 277 g/mol. The fourth-order valence-corrected chi connectivity index (χ4v) is 2.81. The van der Waals surface area contributed by atoms with Crippen LogP contribution >= 0.6 is 0 Å². The van der Waals surface area contributed by atoms with Crippen LogP contribution in [0.3, 0.4) is 0 Å². The van der Waals surface area contributed by atoms with E-state index in [9.17, 15) is 4.79 Å². The zero-order chi connectivity index (χ0) is 14.7. The molecule has 1 fully saturated rings. The van der Waals surface area contributed by atoms with Crippen LogP contribution < -0.4 is 5.32 Å². The van der Waals surface area contributed by atoms with Gasteiger partial charge in [0.15, 0.2) is 0 Å². The van der Waals surface area contributed by atoms with Crippen LogP contribution in [-0.4, -0.2) is 41.1 Å². The third-order valence-electron chi connectivity index (χ3n) is 4.21. The van der Waals surface area contributed by atoms with E-state index in [2.05, 4.69) is 19.2 Å². The maximum Gasteiger partial charge on any atom is 0.270 e. The molecule has 0 aliphatic carbocycles. The standard InChI is InChI=1S/C16H27N3O/c1-12(2)17-10-14-6-5-9-19(11-14)16(20)15-8-7-13(3)18(15)4/h7-8,12,14,17H,5-6,9-11H2,1-4H3. The molecule has 1 aromatic heterocycles. The molecular formula is C16H27N3O. The summed E-state index contributed by atoms with van der Waals surface area (Å²) in [6, 6.07) is 4.46. The Balaban J connectivity index is 1.98. The lowest BCUT2D eigenvalue weighted by Gasteiger charge is -2.33. The Bertz CT molecular complexity index is 464. The van der Waals surface area contributed by atoms with Gasteiger partial charge in [-0.1, -0.05) is 13.8 Å². The Morgan fingerprint density at radius 3 is 2.80 bits per heavy atom. The van der Waals surface area contributed by atoms with E-state index in [1.807, 2.05) is 35.6 Å². The van der Waals surface area contributed by atoms with E-state index in [-0.39, 0.29) is 5.91 Å². The first-order chi connectivity index (χ1) is 9.49. The summed E-state index contributed by atoms with van der Waals surface area (Å²) in [5.74, 6) is 0.756. The van der Waals surface area contributed by atoms with Crippen molar-refractivity contribution < 1.29 is 4.79 Å². The first kappa shape index (κ1) is 15.1. The highest BCUT2D eigenvalue weighted by Gasteiger charge is 2.25. The third-order valence-corrected chi connectivity index (χ3v) is 4.21. The SMILES string of the molecule is Cc1ccc(C(=O)N2CCCC(CNC(C)C)C2)n1C. The molecule has 20 heavy (non-hydrogen) atoms. The molecule has 0 radical (unpaired) electrons. The van der Waals surface area contributed by atoms with Gasteiger partial charge >= 0.3 is 0 Å². The first-order valence-corrected chi connectivity index (χ1v) is 7.64. The van der Waals surface area contributed by atoms with Crippen LogP contribution in [0.25, 0.3) is 0 Å². The number of rotatable bonds is 4. The largest absolute Gasteiger partial charge is 0.344 e. The first-order valence-electron chi connectivity index (χ1n) is 7.64. The molecule has 0 saturated carbocycles. The average Bonchev–Trinajstić information content (AvgIpc) is 2.76. The molecule has 1 aliphatic heterocycles. The van der Waals surface area contributed by atoms with Gasteiger partial charge < -0.3 is 14.8 Å². The summed E-state index contributed by atoms with van der Waals surface area (Å²) in [6.45, 7) is 9.14. The number of likely N-dealkylation sites (tertiary alicyclic amines) is 1. The van der Waals surface area contributed by atoms with Crippen molar-refractivity contribution >= 4 is 5.91 Å².